The van der Waals surface area contributed by atoms with E-state index < -0.39 is 36.2 Å². The lowest BCUT2D eigenvalue weighted by atomic mass is 10.2. The second kappa shape index (κ2) is 9.07. The Balaban J connectivity index is 1.67. The van der Waals surface area contributed by atoms with Gasteiger partial charge in [0.1, 0.15) is 12.3 Å². The third-order valence-corrected chi connectivity index (χ3v) is 4.66. The van der Waals surface area contributed by atoms with Crippen LogP contribution in [0.15, 0.2) is 59.5 Å². The first kappa shape index (κ1) is 20.2. The van der Waals surface area contributed by atoms with Crippen LogP contribution in [0.5, 0.6) is 5.75 Å². The predicted octanol–water partition coefficient (Wildman–Crippen LogP) is 2.83. The van der Waals surface area contributed by atoms with Gasteiger partial charge in [-0.05, 0) is 47.7 Å². The molecule has 0 atom stereocenters. The van der Waals surface area contributed by atoms with E-state index in [1.807, 2.05) is 0 Å². The molecule has 2 aromatic carbocycles. The Labute approximate surface area is 170 Å². The van der Waals surface area contributed by atoms with Crippen molar-refractivity contribution in [3.63, 3.8) is 0 Å². The van der Waals surface area contributed by atoms with Crippen LogP contribution in [0.1, 0.15) is 5.56 Å². The second-order valence-corrected chi connectivity index (χ2v) is 6.93. The number of amides is 3. The van der Waals surface area contributed by atoms with Crippen LogP contribution >= 0.6 is 11.8 Å². The summed E-state index contributed by atoms with van der Waals surface area (Å²) in [6.45, 7) is -0.880. The molecule has 1 fully saturated rings. The molecule has 3 rings (SSSR count). The second-order valence-electron chi connectivity index (χ2n) is 5.94. The van der Waals surface area contributed by atoms with Gasteiger partial charge in [0.2, 0.25) is 5.91 Å². The molecule has 1 aliphatic rings. The maximum Gasteiger partial charge on any atom is 0.341 e. The first-order chi connectivity index (χ1) is 13.9. The summed E-state index contributed by atoms with van der Waals surface area (Å²) in [4.78, 5) is 48.5. The number of benzene rings is 2. The number of nitrogens with zero attached hydrogens (tertiary/aromatic N) is 1. The smallest absolute Gasteiger partial charge is 0.341 e. The normalized spacial score (nSPS) is 14.9. The maximum atomic E-state index is 12.5. The molecule has 148 valence electrons. The Morgan fingerprint density at radius 3 is 2.59 bits per heavy atom. The molecule has 0 bridgehead atoms. The molecule has 2 N–H and O–H groups in total. The van der Waals surface area contributed by atoms with E-state index in [9.17, 15) is 19.2 Å². The van der Waals surface area contributed by atoms with E-state index in [-0.39, 0.29) is 4.91 Å². The van der Waals surface area contributed by atoms with Gasteiger partial charge in [0.15, 0.2) is 6.61 Å². The van der Waals surface area contributed by atoms with Crippen LogP contribution in [0, 0.1) is 0 Å². The minimum Gasteiger partial charge on any atom is -0.482 e. The highest BCUT2D eigenvalue weighted by molar-refractivity contribution is 8.18. The van der Waals surface area contributed by atoms with Gasteiger partial charge in [-0.15, -0.1) is 0 Å². The molecule has 0 aromatic heterocycles. The number of imide groups is 1. The van der Waals surface area contributed by atoms with Crippen LogP contribution in [0.25, 0.3) is 6.08 Å². The van der Waals surface area contributed by atoms with E-state index in [2.05, 4.69) is 5.32 Å². The standard InChI is InChI=1S/C20H16N2O6S/c23-17(21-14-6-2-1-3-7-14)11-22-19(26)16(29-20(22)27)10-13-5-4-8-15(9-13)28-12-18(24)25/h1-10H,11-12H2,(H,21,23)(H,24,25)/b16-10-. The monoisotopic (exact) mass is 412 g/mol. The van der Waals surface area contributed by atoms with Crippen molar-refractivity contribution in [3.05, 3.63) is 65.1 Å². The van der Waals surface area contributed by atoms with Crippen molar-refractivity contribution in [2.75, 3.05) is 18.5 Å². The van der Waals surface area contributed by atoms with Gasteiger partial charge in [0, 0.05) is 5.69 Å². The molecule has 0 saturated carbocycles. The van der Waals surface area contributed by atoms with Gasteiger partial charge >= 0.3 is 5.97 Å². The molecule has 0 aliphatic carbocycles. The van der Waals surface area contributed by atoms with Crippen LogP contribution in [0.3, 0.4) is 0 Å². The van der Waals surface area contributed by atoms with Crippen LogP contribution in [0.4, 0.5) is 10.5 Å². The fourth-order valence-electron chi connectivity index (χ4n) is 2.49. The average Bonchev–Trinajstić information content (AvgIpc) is 2.95. The number of ether oxygens (including phenoxy) is 1. The van der Waals surface area contributed by atoms with Crippen LogP contribution in [-0.2, 0) is 14.4 Å². The number of anilines is 1. The number of aliphatic carboxylic acids is 1. The van der Waals surface area contributed by atoms with Crippen LogP contribution in [-0.4, -0.2) is 46.2 Å². The minimum absolute atomic E-state index is 0.165. The van der Waals surface area contributed by atoms with Gasteiger partial charge in [0.25, 0.3) is 11.1 Å². The lowest BCUT2D eigenvalue weighted by molar-refractivity contribution is -0.139. The lowest BCUT2D eigenvalue weighted by Gasteiger charge is -2.12. The summed E-state index contributed by atoms with van der Waals surface area (Å²) >= 11 is 0.733. The topological polar surface area (TPSA) is 113 Å². The van der Waals surface area contributed by atoms with Gasteiger partial charge in [-0.25, -0.2) is 4.79 Å². The van der Waals surface area contributed by atoms with E-state index in [0.717, 1.165) is 16.7 Å². The third-order valence-electron chi connectivity index (χ3n) is 3.75. The molecule has 8 nitrogen and oxygen atoms in total. The Hall–Kier alpha value is -3.59. The van der Waals surface area contributed by atoms with Crippen LogP contribution in [0.2, 0.25) is 0 Å². The molecule has 1 aliphatic heterocycles. The molecule has 0 spiro atoms. The molecule has 9 heteroatoms. The summed E-state index contributed by atoms with van der Waals surface area (Å²) in [5, 5.41) is 10.8. The lowest BCUT2D eigenvalue weighted by Crippen LogP contribution is -2.36. The van der Waals surface area contributed by atoms with Crippen LogP contribution < -0.4 is 10.1 Å². The molecule has 1 heterocycles. The Morgan fingerprint density at radius 2 is 1.86 bits per heavy atom. The molecule has 1 saturated heterocycles. The highest BCUT2D eigenvalue weighted by Crippen LogP contribution is 2.32. The van der Waals surface area contributed by atoms with Gasteiger partial charge in [-0.3, -0.25) is 19.3 Å². The Morgan fingerprint density at radius 1 is 1.10 bits per heavy atom. The molecule has 29 heavy (non-hydrogen) atoms. The largest absolute Gasteiger partial charge is 0.482 e. The summed E-state index contributed by atoms with van der Waals surface area (Å²) in [5.74, 6) is -1.84. The number of rotatable bonds is 7. The summed E-state index contributed by atoms with van der Waals surface area (Å²) in [6.07, 6.45) is 1.49. The number of para-hydroxylation sites is 1. The number of hydrogen-bond donors (Lipinski definition) is 2. The molecule has 0 unspecified atom stereocenters. The molecule has 3 amide bonds. The van der Waals surface area contributed by atoms with Gasteiger partial charge in [-0.2, -0.15) is 0 Å². The fraction of sp³-hybridized carbons (Fsp3) is 0.100. The van der Waals surface area contributed by atoms with Gasteiger partial charge in [-0.1, -0.05) is 30.3 Å². The van der Waals surface area contributed by atoms with Crippen molar-refractivity contribution < 1.29 is 29.0 Å². The summed E-state index contributed by atoms with van der Waals surface area (Å²) in [5.41, 5.74) is 1.13. The Kier molecular flexibility index (Phi) is 6.30. The SMILES string of the molecule is O=C(O)COc1cccc(/C=C2\SC(=O)N(CC(=O)Nc3ccccc3)C2=O)c1. The summed E-state index contributed by atoms with van der Waals surface area (Å²) < 4.78 is 5.10. The first-order valence-corrected chi connectivity index (χ1v) is 9.29. The number of carbonyl (C=O) groups is 4. The zero-order valence-electron chi connectivity index (χ0n) is 15.0. The maximum absolute atomic E-state index is 12.5. The van der Waals surface area contributed by atoms with Crippen molar-refractivity contribution in [2.45, 2.75) is 0 Å². The van der Waals surface area contributed by atoms with E-state index in [1.165, 1.54) is 6.08 Å². The van der Waals surface area contributed by atoms with E-state index in [1.54, 1.807) is 54.6 Å². The Bertz CT molecular complexity index is 989. The summed E-state index contributed by atoms with van der Waals surface area (Å²) in [6, 6.07) is 15.2. The van der Waals surface area contributed by atoms with E-state index >= 15 is 0 Å². The highest BCUT2D eigenvalue weighted by atomic mass is 32.2. The van der Waals surface area contributed by atoms with Crippen molar-refractivity contribution in [1.29, 1.82) is 0 Å². The van der Waals surface area contributed by atoms with Crippen molar-refractivity contribution in [2.24, 2.45) is 0 Å². The third kappa shape index (κ3) is 5.45. The van der Waals surface area contributed by atoms with Gasteiger partial charge in [0.05, 0.1) is 4.91 Å². The molecule has 2 aromatic rings. The molecular formula is C20H16N2O6S. The molecule has 0 radical (unpaired) electrons. The minimum atomic E-state index is -1.11. The zero-order valence-corrected chi connectivity index (χ0v) is 15.8. The first-order valence-electron chi connectivity index (χ1n) is 8.47. The fourth-order valence-corrected chi connectivity index (χ4v) is 3.33. The van der Waals surface area contributed by atoms with Crippen molar-refractivity contribution in [3.8, 4) is 5.75 Å². The van der Waals surface area contributed by atoms with E-state index in [4.69, 9.17) is 9.84 Å². The number of thioether (sulfide) groups is 1. The summed E-state index contributed by atoms with van der Waals surface area (Å²) in [7, 11) is 0. The number of carbonyl (C=O) groups excluding carboxylic acids is 3. The van der Waals surface area contributed by atoms with Crippen molar-refractivity contribution >= 4 is 46.5 Å². The average molecular weight is 412 g/mol. The van der Waals surface area contributed by atoms with E-state index in [0.29, 0.717) is 17.0 Å². The highest BCUT2D eigenvalue weighted by Gasteiger charge is 2.36. The van der Waals surface area contributed by atoms with Gasteiger partial charge < -0.3 is 15.2 Å². The number of hydrogen-bond acceptors (Lipinski definition) is 6. The quantitative estimate of drug-likeness (QED) is 0.672. The number of carboxylic acid groups (broad SMARTS) is 1. The zero-order chi connectivity index (χ0) is 20.8. The molecular weight excluding hydrogens is 396 g/mol. The number of carboxylic acids is 1. The van der Waals surface area contributed by atoms with Crippen molar-refractivity contribution in [1.82, 2.24) is 4.90 Å². The predicted molar refractivity (Wildman–Crippen MR) is 107 cm³/mol. The number of nitrogens with one attached hydrogen (secondary N) is 1.